The van der Waals surface area contributed by atoms with E-state index < -0.39 is 30.1 Å². The van der Waals surface area contributed by atoms with Gasteiger partial charge in [-0.3, -0.25) is 9.59 Å². The van der Waals surface area contributed by atoms with Crippen LogP contribution in [0.3, 0.4) is 0 Å². The molecule has 0 saturated heterocycles. The normalized spacial score (nSPS) is 11.7. The number of hydrogen-bond acceptors (Lipinski definition) is 6. The number of rotatable bonds is 14. The lowest BCUT2D eigenvalue weighted by Crippen LogP contribution is -2.53. The van der Waals surface area contributed by atoms with Crippen LogP contribution >= 0.6 is 31.9 Å². The molecule has 0 bridgehead atoms. The van der Waals surface area contributed by atoms with Gasteiger partial charge in [-0.05, 0) is 16.7 Å². The Labute approximate surface area is 255 Å². The molecule has 0 radical (unpaired) electrons. The maximum atomic E-state index is 13.0. The second-order valence-electron chi connectivity index (χ2n) is 8.65. The van der Waals surface area contributed by atoms with Crippen molar-refractivity contribution in [1.82, 2.24) is 10.6 Å². The maximum Gasteiger partial charge on any atom is 0.408 e. The van der Waals surface area contributed by atoms with E-state index in [4.69, 9.17) is 9.47 Å². The first-order chi connectivity index (χ1) is 19.8. The van der Waals surface area contributed by atoms with Crippen LogP contribution in [-0.4, -0.2) is 58.2 Å². The number of amides is 2. The number of aliphatic carboxylic acids is 1. The minimum absolute atomic E-state index is 0.0391. The lowest BCUT2D eigenvalue weighted by Gasteiger charge is -2.21. The molecule has 0 aliphatic rings. The highest BCUT2D eigenvalue weighted by molar-refractivity contribution is 9.10. The summed E-state index contributed by atoms with van der Waals surface area (Å²) in [6.45, 7) is 0.0158. The van der Waals surface area contributed by atoms with Crippen molar-refractivity contribution in [2.24, 2.45) is 0 Å². The summed E-state index contributed by atoms with van der Waals surface area (Å²) in [6.07, 6.45) is -0.623. The summed E-state index contributed by atoms with van der Waals surface area (Å²) >= 11 is 5.99. The number of hydrogen-bond donors (Lipinski definition) is 3. The molecule has 41 heavy (non-hydrogen) atoms. The summed E-state index contributed by atoms with van der Waals surface area (Å²) in [5.41, 5.74) is 2.48. The largest absolute Gasteiger partial charge is 0.480 e. The SMILES string of the molecule is O=C(CBr)CBr.O=C(N[C@@H](Cc1ccccc1)C(=O)N[C@@H](COCc1ccccc1)C(=O)O)OCc1ccccc1. The summed E-state index contributed by atoms with van der Waals surface area (Å²) in [6, 6.07) is 25.2. The predicted molar refractivity (Wildman–Crippen MR) is 162 cm³/mol. The Morgan fingerprint density at radius 1 is 0.683 bits per heavy atom. The molecule has 0 aromatic heterocycles. The van der Waals surface area contributed by atoms with Crippen molar-refractivity contribution in [3.63, 3.8) is 0 Å². The topological polar surface area (TPSA) is 131 Å². The zero-order valence-corrected chi connectivity index (χ0v) is 25.4. The molecule has 0 fully saturated rings. The number of carboxylic acid groups (broad SMARTS) is 1. The third-order valence-electron chi connectivity index (χ3n) is 5.41. The molecular formula is C30H32Br2N2O7. The Morgan fingerprint density at radius 3 is 1.63 bits per heavy atom. The Bertz CT molecular complexity index is 1210. The number of carboxylic acids is 1. The molecule has 2 atom stereocenters. The van der Waals surface area contributed by atoms with E-state index in [-0.39, 0.29) is 32.0 Å². The number of alkyl carbamates (subject to hydrolysis) is 1. The van der Waals surface area contributed by atoms with Crippen molar-refractivity contribution < 1.29 is 33.8 Å². The van der Waals surface area contributed by atoms with Crippen molar-refractivity contribution in [1.29, 1.82) is 0 Å². The van der Waals surface area contributed by atoms with Crippen molar-refractivity contribution in [3.8, 4) is 0 Å². The van der Waals surface area contributed by atoms with E-state index in [1.54, 1.807) is 0 Å². The number of benzene rings is 3. The van der Waals surface area contributed by atoms with Gasteiger partial charge in [-0.2, -0.15) is 0 Å². The molecule has 0 heterocycles. The quantitative estimate of drug-likeness (QED) is 0.210. The number of carbonyl (C=O) groups is 4. The molecular weight excluding hydrogens is 660 g/mol. The van der Waals surface area contributed by atoms with Crippen molar-refractivity contribution in [2.75, 3.05) is 17.3 Å². The summed E-state index contributed by atoms with van der Waals surface area (Å²) < 4.78 is 10.7. The van der Waals surface area contributed by atoms with Gasteiger partial charge < -0.3 is 25.2 Å². The number of ether oxygens (including phenoxy) is 2. The minimum Gasteiger partial charge on any atom is -0.480 e. The summed E-state index contributed by atoms with van der Waals surface area (Å²) in [7, 11) is 0. The highest BCUT2D eigenvalue weighted by Crippen LogP contribution is 2.07. The highest BCUT2D eigenvalue weighted by atomic mass is 79.9. The first-order valence-electron chi connectivity index (χ1n) is 12.6. The first kappa shape index (κ1) is 33.7. The van der Waals surface area contributed by atoms with Gasteiger partial charge >= 0.3 is 12.1 Å². The summed E-state index contributed by atoms with van der Waals surface area (Å²) in [5.74, 6) is -1.72. The average Bonchev–Trinajstić information content (AvgIpc) is 3.00. The third-order valence-corrected chi connectivity index (χ3v) is 6.66. The van der Waals surface area contributed by atoms with Gasteiger partial charge in [0.1, 0.15) is 12.6 Å². The molecule has 0 aliphatic heterocycles. The maximum absolute atomic E-state index is 13.0. The van der Waals surface area contributed by atoms with Gasteiger partial charge in [0.05, 0.1) is 23.9 Å². The molecule has 3 N–H and O–H groups in total. The highest BCUT2D eigenvalue weighted by Gasteiger charge is 2.27. The fourth-order valence-corrected chi connectivity index (χ4v) is 4.25. The monoisotopic (exact) mass is 690 g/mol. The molecule has 0 unspecified atom stereocenters. The van der Waals surface area contributed by atoms with Crippen LogP contribution in [0.25, 0.3) is 0 Å². The van der Waals surface area contributed by atoms with Crippen molar-refractivity contribution >= 4 is 55.6 Å². The van der Waals surface area contributed by atoms with Gasteiger partial charge in [-0.15, -0.1) is 0 Å². The van der Waals surface area contributed by atoms with Crippen LogP contribution < -0.4 is 10.6 Å². The third kappa shape index (κ3) is 14.1. The van der Waals surface area contributed by atoms with Crippen LogP contribution in [-0.2, 0) is 43.5 Å². The number of halogens is 2. The van der Waals surface area contributed by atoms with Gasteiger partial charge in [-0.1, -0.05) is 123 Å². The lowest BCUT2D eigenvalue weighted by molar-refractivity contribution is -0.144. The second kappa shape index (κ2) is 19.5. The van der Waals surface area contributed by atoms with Crippen LogP contribution in [0.2, 0.25) is 0 Å². The van der Waals surface area contributed by atoms with Crippen LogP contribution in [0.4, 0.5) is 4.79 Å². The van der Waals surface area contributed by atoms with E-state index >= 15 is 0 Å². The minimum atomic E-state index is -1.29. The fourth-order valence-electron chi connectivity index (χ4n) is 3.32. The standard InChI is InChI=1S/C27H28N2O6.C3H4Br2O/c30-25(28-24(26(31)32)19-34-17-21-12-6-2-7-13-21)23(16-20-10-4-1-5-11-20)29-27(33)35-18-22-14-8-3-9-15-22;4-1-3(6)2-5/h1-15,23-24H,16-19H2,(H,28,30)(H,29,33)(H,31,32);1-2H2/t23-,24-;/m0./s1. The number of Topliss-reactive ketones (excluding diaryl/α,β-unsaturated/α-hetero) is 1. The number of carbonyl (C=O) groups excluding carboxylic acids is 3. The molecule has 9 nitrogen and oxygen atoms in total. The van der Waals surface area contributed by atoms with E-state index in [1.165, 1.54) is 0 Å². The smallest absolute Gasteiger partial charge is 0.408 e. The number of ketones is 1. The zero-order chi connectivity index (χ0) is 29.9. The summed E-state index contributed by atoms with van der Waals surface area (Å²) in [5, 5.41) is 15.5. The zero-order valence-electron chi connectivity index (χ0n) is 22.2. The molecule has 2 amide bonds. The summed E-state index contributed by atoms with van der Waals surface area (Å²) in [4.78, 5) is 47.2. The lowest BCUT2D eigenvalue weighted by atomic mass is 10.1. The molecule has 11 heteroatoms. The van der Waals surface area contributed by atoms with Gasteiger partial charge in [0, 0.05) is 6.42 Å². The van der Waals surface area contributed by atoms with Gasteiger partial charge in [0.25, 0.3) is 0 Å². The van der Waals surface area contributed by atoms with Crippen LogP contribution in [0.5, 0.6) is 0 Å². The Morgan fingerprint density at radius 2 is 1.17 bits per heavy atom. The van der Waals surface area contributed by atoms with E-state index in [9.17, 15) is 24.3 Å². The Balaban J connectivity index is 0.000000883. The molecule has 3 rings (SSSR count). The molecule has 3 aromatic rings. The Hall–Kier alpha value is -3.54. The molecule has 3 aromatic carbocycles. The molecule has 0 saturated carbocycles. The van der Waals surface area contributed by atoms with Gasteiger partial charge in [-0.25, -0.2) is 9.59 Å². The second-order valence-corrected chi connectivity index (χ2v) is 9.78. The van der Waals surface area contributed by atoms with Crippen molar-refractivity contribution in [2.45, 2.75) is 31.7 Å². The van der Waals surface area contributed by atoms with Crippen LogP contribution in [0.15, 0.2) is 91.0 Å². The number of alkyl halides is 2. The first-order valence-corrected chi connectivity index (χ1v) is 14.9. The predicted octanol–water partition coefficient (Wildman–Crippen LogP) is 4.66. The molecule has 0 spiro atoms. The van der Waals surface area contributed by atoms with Crippen LogP contribution in [0, 0.1) is 0 Å². The van der Waals surface area contributed by atoms with Crippen LogP contribution in [0.1, 0.15) is 16.7 Å². The van der Waals surface area contributed by atoms with Crippen molar-refractivity contribution in [3.05, 3.63) is 108 Å². The molecule has 0 aliphatic carbocycles. The van der Waals surface area contributed by atoms with E-state index in [0.717, 1.165) is 16.7 Å². The van der Waals surface area contributed by atoms with E-state index in [0.29, 0.717) is 10.7 Å². The van der Waals surface area contributed by atoms with Gasteiger partial charge in [0.2, 0.25) is 5.91 Å². The number of nitrogens with one attached hydrogen (secondary N) is 2. The Kier molecular flexibility index (Phi) is 16.0. The fraction of sp³-hybridized carbons (Fsp3) is 0.267. The van der Waals surface area contributed by atoms with Gasteiger partial charge in [0.15, 0.2) is 11.8 Å². The average molecular weight is 692 g/mol. The molecule has 218 valence electrons. The van der Waals surface area contributed by atoms with E-state index in [1.807, 2.05) is 91.0 Å². The van der Waals surface area contributed by atoms with E-state index in [2.05, 4.69) is 42.5 Å².